The number of hydrogen-bond donors (Lipinski definition) is 0. The van der Waals surface area contributed by atoms with Crippen LogP contribution in [0.1, 0.15) is 33.1 Å². The number of aliphatic imine (C=N–C) groups is 1. The standard InChI is InChI=1S/C9H17N/c1-5-8(3)7-9(6-2)10-4/h9H,3-7H2,1-2H3. The summed E-state index contributed by atoms with van der Waals surface area (Å²) >= 11 is 0. The number of hydrogen-bond acceptors (Lipinski definition) is 1. The second-order valence-electron chi connectivity index (χ2n) is 2.55. The molecule has 0 aromatic carbocycles. The summed E-state index contributed by atoms with van der Waals surface area (Å²) in [5, 5.41) is 0. The van der Waals surface area contributed by atoms with Crippen LogP contribution in [0.5, 0.6) is 0 Å². The zero-order valence-corrected chi connectivity index (χ0v) is 7.06. The fraction of sp³-hybridized carbons (Fsp3) is 0.667. The Kier molecular flexibility index (Phi) is 4.91. The first-order valence-corrected chi connectivity index (χ1v) is 3.87. The molecule has 1 heteroatoms. The van der Waals surface area contributed by atoms with Crippen LogP contribution in [0.4, 0.5) is 0 Å². The lowest BCUT2D eigenvalue weighted by atomic mass is 10.0. The van der Waals surface area contributed by atoms with Crippen molar-refractivity contribution in [2.24, 2.45) is 4.99 Å². The highest BCUT2D eigenvalue weighted by Gasteiger charge is 2.02. The molecule has 0 aliphatic carbocycles. The van der Waals surface area contributed by atoms with E-state index in [-0.39, 0.29) is 0 Å². The first-order chi connectivity index (χ1) is 4.74. The molecule has 0 saturated heterocycles. The van der Waals surface area contributed by atoms with Gasteiger partial charge in [-0.2, -0.15) is 0 Å². The van der Waals surface area contributed by atoms with Crippen molar-refractivity contribution in [1.29, 1.82) is 0 Å². The molecule has 0 saturated carbocycles. The van der Waals surface area contributed by atoms with Gasteiger partial charge in [0.2, 0.25) is 0 Å². The molecule has 0 radical (unpaired) electrons. The zero-order chi connectivity index (χ0) is 7.98. The fourth-order valence-corrected chi connectivity index (χ4v) is 0.816. The highest BCUT2D eigenvalue weighted by molar-refractivity contribution is 5.24. The Labute approximate surface area is 63.9 Å². The number of nitrogens with zero attached hydrogens (tertiary/aromatic N) is 1. The molecule has 0 aliphatic heterocycles. The van der Waals surface area contributed by atoms with Gasteiger partial charge in [0.15, 0.2) is 0 Å². The molecular weight excluding hydrogens is 122 g/mol. The molecule has 1 nitrogen and oxygen atoms in total. The molecule has 0 aromatic rings. The monoisotopic (exact) mass is 139 g/mol. The van der Waals surface area contributed by atoms with E-state index in [0.717, 1.165) is 19.3 Å². The van der Waals surface area contributed by atoms with Gasteiger partial charge in [0.25, 0.3) is 0 Å². The third-order valence-electron chi connectivity index (χ3n) is 1.75. The molecule has 10 heavy (non-hydrogen) atoms. The van der Waals surface area contributed by atoms with Crippen LogP contribution in [0, 0.1) is 0 Å². The first kappa shape index (κ1) is 9.41. The summed E-state index contributed by atoms with van der Waals surface area (Å²) in [6.45, 7) is 11.7. The summed E-state index contributed by atoms with van der Waals surface area (Å²) in [5.74, 6) is 0. The molecule has 1 unspecified atom stereocenters. The Bertz CT molecular complexity index is 116. The zero-order valence-electron chi connectivity index (χ0n) is 7.06. The SMILES string of the molecule is C=NC(CC)CC(=C)CC. The summed E-state index contributed by atoms with van der Waals surface area (Å²) in [4.78, 5) is 3.98. The van der Waals surface area contributed by atoms with Crippen LogP contribution in [0.15, 0.2) is 17.1 Å². The van der Waals surface area contributed by atoms with Crippen molar-refractivity contribution >= 4 is 6.72 Å². The van der Waals surface area contributed by atoms with Gasteiger partial charge in [-0.3, -0.25) is 4.99 Å². The van der Waals surface area contributed by atoms with Gasteiger partial charge in [0.05, 0.1) is 6.04 Å². The molecule has 58 valence electrons. The van der Waals surface area contributed by atoms with Crippen LogP contribution in [0.3, 0.4) is 0 Å². The molecule has 0 N–H and O–H groups in total. The minimum Gasteiger partial charge on any atom is -0.297 e. The van der Waals surface area contributed by atoms with E-state index >= 15 is 0 Å². The Morgan fingerprint density at radius 3 is 2.40 bits per heavy atom. The van der Waals surface area contributed by atoms with Crippen LogP contribution in [-0.2, 0) is 0 Å². The molecule has 0 bridgehead atoms. The summed E-state index contributed by atoms with van der Waals surface area (Å²) in [7, 11) is 0. The third kappa shape index (κ3) is 3.44. The lowest BCUT2D eigenvalue weighted by molar-refractivity contribution is 0.640. The van der Waals surface area contributed by atoms with E-state index in [1.807, 2.05) is 0 Å². The Morgan fingerprint density at radius 2 is 2.10 bits per heavy atom. The van der Waals surface area contributed by atoms with Crippen LogP contribution < -0.4 is 0 Å². The maximum absolute atomic E-state index is 3.98. The molecule has 1 atom stereocenters. The van der Waals surface area contributed by atoms with Gasteiger partial charge in [-0.05, 0) is 26.0 Å². The van der Waals surface area contributed by atoms with E-state index in [1.54, 1.807) is 0 Å². The average Bonchev–Trinajstić information content (AvgIpc) is 1.99. The van der Waals surface area contributed by atoms with Crippen LogP contribution in [-0.4, -0.2) is 12.8 Å². The second-order valence-corrected chi connectivity index (χ2v) is 2.55. The van der Waals surface area contributed by atoms with Crippen molar-refractivity contribution in [2.75, 3.05) is 0 Å². The average molecular weight is 139 g/mol. The Hall–Kier alpha value is -0.590. The maximum Gasteiger partial charge on any atom is 0.0526 e. The second kappa shape index (κ2) is 5.21. The molecule has 0 amide bonds. The van der Waals surface area contributed by atoms with Gasteiger partial charge < -0.3 is 0 Å². The summed E-state index contributed by atoms with van der Waals surface area (Å²) in [6, 6.07) is 0.396. The molecular formula is C9H17N. The molecule has 0 aliphatic rings. The van der Waals surface area contributed by atoms with Crippen LogP contribution in [0.2, 0.25) is 0 Å². The van der Waals surface area contributed by atoms with E-state index < -0.39 is 0 Å². The lowest BCUT2D eigenvalue weighted by Crippen LogP contribution is -2.02. The van der Waals surface area contributed by atoms with Crippen molar-refractivity contribution in [3.05, 3.63) is 12.2 Å². The molecule has 0 aromatic heterocycles. The molecule has 0 fully saturated rings. The topological polar surface area (TPSA) is 12.4 Å². The fourth-order valence-electron chi connectivity index (χ4n) is 0.816. The maximum atomic E-state index is 3.98. The van der Waals surface area contributed by atoms with Crippen molar-refractivity contribution in [3.8, 4) is 0 Å². The molecule has 0 rings (SSSR count). The van der Waals surface area contributed by atoms with E-state index in [4.69, 9.17) is 0 Å². The quantitative estimate of drug-likeness (QED) is 0.410. The van der Waals surface area contributed by atoms with Gasteiger partial charge in [0.1, 0.15) is 0 Å². The normalized spacial score (nSPS) is 12.6. The molecule has 0 heterocycles. The van der Waals surface area contributed by atoms with Crippen molar-refractivity contribution in [1.82, 2.24) is 0 Å². The van der Waals surface area contributed by atoms with Gasteiger partial charge in [-0.25, -0.2) is 0 Å². The minimum atomic E-state index is 0.396. The van der Waals surface area contributed by atoms with Crippen molar-refractivity contribution < 1.29 is 0 Å². The van der Waals surface area contributed by atoms with E-state index in [2.05, 4.69) is 32.1 Å². The summed E-state index contributed by atoms with van der Waals surface area (Å²) in [5.41, 5.74) is 1.28. The highest BCUT2D eigenvalue weighted by Crippen LogP contribution is 2.11. The van der Waals surface area contributed by atoms with E-state index in [9.17, 15) is 0 Å². The van der Waals surface area contributed by atoms with Crippen molar-refractivity contribution in [2.45, 2.75) is 39.2 Å². The largest absolute Gasteiger partial charge is 0.297 e. The predicted molar refractivity (Wildman–Crippen MR) is 47.7 cm³/mol. The summed E-state index contributed by atoms with van der Waals surface area (Å²) in [6.07, 6.45) is 3.14. The first-order valence-electron chi connectivity index (χ1n) is 3.87. The smallest absolute Gasteiger partial charge is 0.0526 e. The Balaban J connectivity index is 3.62. The van der Waals surface area contributed by atoms with Crippen LogP contribution >= 0.6 is 0 Å². The predicted octanol–water partition coefficient (Wildman–Crippen LogP) is 2.82. The lowest BCUT2D eigenvalue weighted by Gasteiger charge is -2.08. The summed E-state index contributed by atoms with van der Waals surface area (Å²) < 4.78 is 0. The van der Waals surface area contributed by atoms with Gasteiger partial charge in [-0.15, -0.1) is 0 Å². The van der Waals surface area contributed by atoms with Gasteiger partial charge >= 0.3 is 0 Å². The van der Waals surface area contributed by atoms with Gasteiger partial charge in [0, 0.05) is 0 Å². The van der Waals surface area contributed by atoms with Crippen LogP contribution in [0.25, 0.3) is 0 Å². The van der Waals surface area contributed by atoms with Crippen molar-refractivity contribution in [3.63, 3.8) is 0 Å². The van der Waals surface area contributed by atoms with E-state index in [1.165, 1.54) is 5.57 Å². The molecule has 0 spiro atoms. The highest BCUT2D eigenvalue weighted by atomic mass is 14.7. The minimum absolute atomic E-state index is 0.396. The Morgan fingerprint density at radius 1 is 1.50 bits per heavy atom. The van der Waals surface area contributed by atoms with E-state index in [0.29, 0.717) is 6.04 Å². The third-order valence-corrected chi connectivity index (χ3v) is 1.75. The number of rotatable bonds is 5. The van der Waals surface area contributed by atoms with Gasteiger partial charge in [-0.1, -0.05) is 26.0 Å².